The number of hydrogen-bond acceptors (Lipinski definition) is 1. The second-order valence-corrected chi connectivity index (χ2v) is 2.17. The highest BCUT2D eigenvalue weighted by atomic mass is 35.5. The number of nitrogens with zero attached hydrogens (tertiary/aromatic N) is 1. The summed E-state index contributed by atoms with van der Waals surface area (Å²) in [4.78, 5) is 0. The lowest BCUT2D eigenvalue weighted by Gasteiger charge is -1.84. The molecule has 1 fully saturated rings. The Balaban J connectivity index is 2.37. The van der Waals surface area contributed by atoms with Crippen molar-refractivity contribution in [2.24, 2.45) is 10.4 Å². The van der Waals surface area contributed by atoms with Crippen LogP contribution in [0.25, 0.3) is 0 Å². The summed E-state index contributed by atoms with van der Waals surface area (Å²) in [6.07, 6.45) is 2.59. The van der Waals surface area contributed by atoms with Crippen LogP contribution in [0.3, 0.4) is 0 Å². The van der Waals surface area contributed by atoms with Crippen molar-refractivity contribution >= 4 is 17.5 Å². The first kappa shape index (κ1) is 5.10. The van der Waals surface area contributed by atoms with Crippen LogP contribution in [-0.4, -0.2) is 5.71 Å². The summed E-state index contributed by atoms with van der Waals surface area (Å²) >= 11 is 5.17. The molecule has 1 nitrogen and oxygen atoms in total. The molecule has 0 bridgehead atoms. The van der Waals surface area contributed by atoms with Gasteiger partial charge in [0.05, 0.1) is 0 Å². The van der Waals surface area contributed by atoms with Crippen LogP contribution < -0.4 is 0 Å². The van der Waals surface area contributed by atoms with Crippen LogP contribution in [0.4, 0.5) is 0 Å². The Labute approximate surface area is 48.5 Å². The summed E-state index contributed by atoms with van der Waals surface area (Å²) in [6, 6.07) is 0. The van der Waals surface area contributed by atoms with Crippen molar-refractivity contribution in [2.75, 3.05) is 0 Å². The van der Waals surface area contributed by atoms with Crippen molar-refractivity contribution in [3.8, 4) is 0 Å². The minimum atomic E-state index is 0.734. The maximum Gasteiger partial charge on any atom is 0.0364 e. The Morgan fingerprint density at radius 3 is 2.43 bits per heavy atom. The van der Waals surface area contributed by atoms with Gasteiger partial charge >= 0.3 is 0 Å². The molecule has 7 heavy (non-hydrogen) atoms. The maximum atomic E-state index is 5.17. The van der Waals surface area contributed by atoms with E-state index in [9.17, 15) is 0 Å². The van der Waals surface area contributed by atoms with Crippen molar-refractivity contribution in [1.29, 1.82) is 0 Å². The van der Waals surface area contributed by atoms with Gasteiger partial charge in [-0.25, -0.2) is 0 Å². The zero-order valence-corrected chi connectivity index (χ0v) is 5.07. The molecule has 0 atom stereocenters. The topological polar surface area (TPSA) is 12.4 Å². The highest BCUT2D eigenvalue weighted by Crippen LogP contribution is 2.30. The molecule has 0 aliphatic heterocycles. The smallest absolute Gasteiger partial charge is 0.0364 e. The van der Waals surface area contributed by atoms with Gasteiger partial charge in [0.15, 0.2) is 0 Å². The Bertz CT molecular complexity index is 94.3. The summed E-state index contributed by atoms with van der Waals surface area (Å²) in [5, 5.41) is 0. The van der Waals surface area contributed by atoms with Gasteiger partial charge in [0.1, 0.15) is 0 Å². The van der Waals surface area contributed by atoms with E-state index < -0.39 is 0 Å². The number of halogens is 1. The molecule has 0 N–H and O–H groups in total. The summed E-state index contributed by atoms with van der Waals surface area (Å²) < 4.78 is 3.54. The van der Waals surface area contributed by atoms with E-state index in [1.165, 1.54) is 12.8 Å². The molecule has 1 aliphatic carbocycles. The third-order valence-electron chi connectivity index (χ3n) is 1.30. The quantitative estimate of drug-likeness (QED) is 0.466. The highest BCUT2D eigenvalue weighted by Gasteiger charge is 2.23. The molecule has 1 rings (SSSR count). The average Bonchev–Trinajstić information content (AvgIpc) is 2.44. The maximum absolute atomic E-state index is 5.17. The standard InChI is InChI=1S/C5H8ClN/c1-4(7-6)5-2-3-5/h5H,2-3H2,1H3. The zero-order valence-electron chi connectivity index (χ0n) is 4.32. The fourth-order valence-electron chi connectivity index (χ4n) is 0.570. The van der Waals surface area contributed by atoms with Crippen molar-refractivity contribution in [1.82, 2.24) is 0 Å². The van der Waals surface area contributed by atoms with E-state index in [4.69, 9.17) is 11.8 Å². The Morgan fingerprint density at radius 2 is 2.29 bits per heavy atom. The minimum absolute atomic E-state index is 0.734. The van der Waals surface area contributed by atoms with Crippen molar-refractivity contribution in [3.05, 3.63) is 0 Å². The van der Waals surface area contributed by atoms with Crippen molar-refractivity contribution in [3.63, 3.8) is 0 Å². The average molecular weight is 118 g/mol. The number of rotatable bonds is 1. The van der Waals surface area contributed by atoms with Gasteiger partial charge in [-0.1, -0.05) is 0 Å². The van der Waals surface area contributed by atoms with Crippen LogP contribution in [0.5, 0.6) is 0 Å². The summed E-state index contributed by atoms with van der Waals surface area (Å²) in [5.74, 6) is 0.734. The van der Waals surface area contributed by atoms with Crippen LogP contribution in [0.2, 0.25) is 0 Å². The van der Waals surface area contributed by atoms with Crippen molar-refractivity contribution in [2.45, 2.75) is 19.8 Å². The lowest BCUT2D eigenvalue weighted by atomic mass is 10.3. The monoisotopic (exact) mass is 117 g/mol. The molecule has 0 amide bonds. The van der Waals surface area contributed by atoms with Crippen LogP contribution in [0.15, 0.2) is 4.51 Å². The molecule has 0 heterocycles. The largest absolute Gasteiger partial charge is 0.187 e. The van der Waals surface area contributed by atoms with Gasteiger partial charge in [-0.15, -0.1) is 0 Å². The summed E-state index contributed by atoms with van der Waals surface area (Å²) in [6.45, 7) is 1.98. The zero-order chi connectivity index (χ0) is 5.28. The third-order valence-corrected chi connectivity index (χ3v) is 1.57. The molecule has 0 radical (unpaired) electrons. The van der Waals surface area contributed by atoms with Crippen molar-refractivity contribution < 1.29 is 0 Å². The van der Waals surface area contributed by atoms with Gasteiger partial charge in [-0.05, 0) is 25.7 Å². The first-order valence-electron chi connectivity index (χ1n) is 2.50. The van der Waals surface area contributed by atoms with E-state index in [0.29, 0.717) is 0 Å². The van der Waals surface area contributed by atoms with E-state index in [1.54, 1.807) is 0 Å². The first-order valence-corrected chi connectivity index (χ1v) is 2.84. The second-order valence-electron chi connectivity index (χ2n) is 2.00. The Kier molecular flexibility index (Phi) is 1.33. The van der Waals surface area contributed by atoms with Crippen LogP contribution in [0, 0.1) is 5.92 Å². The molecule has 2 heteroatoms. The Morgan fingerprint density at radius 1 is 1.71 bits per heavy atom. The lowest BCUT2D eigenvalue weighted by molar-refractivity contribution is 1.18. The summed E-state index contributed by atoms with van der Waals surface area (Å²) in [7, 11) is 0. The molecular weight excluding hydrogens is 110 g/mol. The fourth-order valence-corrected chi connectivity index (χ4v) is 0.708. The molecule has 0 saturated heterocycles. The molecular formula is C5H8ClN. The molecule has 1 saturated carbocycles. The predicted octanol–water partition coefficient (Wildman–Crippen LogP) is 2.01. The SMILES string of the molecule is CC(=NCl)C1CC1. The summed E-state index contributed by atoms with van der Waals surface area (Å²) in [5.41, 5.74) is 1.10. The molecule has 0 aromatic heterocycles. The minimum Gasteiger partial charge on any atom is -0.187 e. The third kappa shape index (κ3) is 1.16. The fraction of sp³-hybridized carbons (Fsp3) is 0.800. The van der Waals surface area contributed by atoms with Crippen LogP contribution in [-0.2, 0) is 0 Å². The van der Waals surface area contributed by atoms with Gasteiger partial charge in [-0.3, -0.25) is 0 Å². The second kappa shape index (κ2) is 1.83. The lowest BCUT2D eigenvalue weighted by Crippen LogP contribution is -1.88. The van der Waals surface area contributed by atoms with Gasteiger partial charge < -0.3 is 0 Å². The normalized spacial score (nSPS) is 22.9. The van der Waals surface area contributed by atoms with E-state index in [0.717, 1.165) is 11.6 Å². The van der Waals surface area contributed by atoms with Crippen LogP contribution in [0.1, 0.15) is 19.8 Å². The predicted molar refractivity (Wildman–Crippen MR) is 31.7 cm³/mol. The molecule has 0 unspecified atom stereocenters. The first-order chi connectivity index (χ1) is 3.34. The van der Waals surface area contributed by atoms with Crippen LogP contribution >= 0.6 is 11.8 Å². The van der Waals surface area contributed by atoms with E-state index in [2.05, 4.69) is 4.51 Å². The van der Waals surface area contributed by atoms with Gasteiger partial charge in [0, 0.05) is 17.5 Å². The van der Waals surface area contributed by atoms with Gasteiger partial charge in [0.25, 0.3) is 0 Å². The Hall–Kier alpha value is -0.0400. The molecule has 0 aromatic carbocycles. The number of hydrogen-bond donors (Lipinski definition) is 0. The molecule has 0 aromatic rings. The van der Waals surface area contributed by atoms with E-state index in [1.807, 2.05) is 6.92 Å². The van der Waals surface area contributed by atoms with E-state index in [-0.39, 0.29) is 0 Å². The molecule has 0 spiro atoms. The van der Waals surface area contributed by atoms with Gasteiger partial charge in [0.2, 0.25) is 0 Å². The van der Waals surface area contributed by atoms with E-state index >= 15 is 0 Å². The highest BCUT2D eigenvalue weighted by molar-refractivity contribution is 6.20. The van der Waals surface area contributed by atoms with Gasteiger partial charge in [-0.2, -0.15) is 4.51 Å². The molecule has 40 valence electrons. The molecule has 1 aliphatic rings.